The number of aliphatic hydroxyl groups is 1. The molecule has 20 heavy (non-hydrogen) atoms. The van der Waals surface area contributed by atoms with Gasteiger partial charge in [-0.3, -0.25) is 0 Å². The average molecular weight is 277 g/mol. The Hall–Kier alpha value is -1.06. The summed E-state index contributed by atoms with van der Waals surface area (Å²) in [6.45, 7) is 9.69. The first-order chi connectivity index (χ1) is 9.52. The first-order valence-corrected chi connectivity index (χ1v) is 7.64. The Morgan fingerprint density at radius 2 is 2.00 bits per heavy atom. The number of benzene rings is 1. The van der Waals surface area contributed by atoms with Gasteiger partial charge < -0.3 is 14.7 Å². The maximum absolute atomic E-state index is 10.1. The number of piperidine rings is 1. The molecule has 3 heteroatoms. The van der Waals surface area contributed by atoms with Crippen LogP contribution in [0, 0.1) is 19.8 Å². The summed E-state index contributed by atoms with van der Waals surface area (Å²) in [5, 5.41) is 10.1. The standard InChI is InChI=1S/C17H27NO2/c1-13-5-4-6-18(10-13)11-16(19)12-20-17-8-14(2)7-15(3)9-17/h7-9,13,16,19H,4-6,10-12H2,1-3H3. The molecule has 1 fully saturated rings. The molecule has 0 radical (unpaired) electrons. The van der Waals surface area contributed by atoms with Crippen molar-refractivity contribution >= 4 is 0 Å². The minimum atomic E-state index is -0.416. The summed E-state index contributed by atoms with van der Waals surface area (Å²) < 4.78 is 5.72. The maximum atomic E-state index is 10.1. The van der Waals surface area contributed by atoms with Gasteiger partial charge in [-0.15, -0.1) is 0 Å². The van der Waals surface area contributed by atoms with E-state index in [0.717, 1.165) is 31.3 Å². The highest BCUT2D eigenvalue weighted by atomic mass is 16.5. The molecule has 0 aliphatic carbocycles. The zero-order chi connectivity index (χ0) is 14.5. The van der Waals surface area contributed by atoms with Gasteiger partial charge in [-0.25, -0.2) is 0 Å². The second kappa shape index (κ2) is 7.09. The predicted octanol–water partition coefficient (Wildman–Crippen LogP) is 2.78. The van der Waals surface area contributed by atoms with Crippen LogP contribution >= 0.6 is 0 Å². The number of hydrogen-bond donors (Lipinski definition) is 1. The number of nitrogens with zero attached hydrogens (tertiary/aromatic N) is 1. The summed E-state index contributed by atoms with van der Waals surface area (Å²) in [6.07, 6.45) is 2.14. The summed E-state index contributed by atoms with van der Waals surface area (Å²) in [5.74, 6) is 1.60. The molecule has 0 saturated carbocycles. The maximum Gasteiger partial charge on any atom is 0.119 e. The van der Waals surface area contributed by atoms with Gasteiger partial charge in [-0.1, -0.05) is 13.0 Å². The van der Waals surface area contributed by atoms with Crippen molar-refractivity contribution < 1.29 is 9.84 Å². The second-order valence-electron chi connectivity index (χ2n) is 6.30. The van der Waals surface area contributed by atoms with E-state index in [1.807, 2.05) is 12.1 Å². The number of hydrogen-bond acceptors (Lipinski definition) is 3. The molecule has 3 nitrogen and oxygen atoms in total. The Balaban J connectivity index is 1.78. The van der Waals surface area contributed by atoms with Gasteiger partial charge in [0.2, 0.25) is 0 Å². The summed E-state index contributed by atoms with van der Waals surface area (Å²) >= 11 is 0. The normalized spacial score (nSPS) is 21.7. The Kier molecular flexibility index (Phi) is 5.44. The van der Waals surface area contributed by atoms with Crippen molar-refractivity contribution in [2.75, 3.05) is 26.2 Å². The molecule has 0 aromatic heterocycles. The molecule has 0 bridgehead atoms. The van der Waals surface area contributed by atoms with Gasteiger partial charge in [-0.2, -0.15) is 0 Å². The summed E-state index contributed by atoms with van der Waals surface area (Å²) in [5.41, 5.74) is 2.39. The van der Waals surface area contributed by atoms with Crippen LogP contribution in [0.3, 0.4) is 0 Å². The third-order valence-corrected chi connectivity index (χ3v) is 3.85. The molecule has 112 valence electrons. The van der Waals surface area contributed by atoms with Crippen molar-refractivity contribution in [2.24, 2.45) is 5.92 Å². The summed E-state index contributed by atoms with van der Waals surface area (Å²) in [6, 6.07) is 6.16. The number of rotatable bonds is 5. The van der Waals surface area contributed by atoms with Crippen molar-refractivity contribution in [2.45, 2.75) is 39.7 Å². The fourth-order valence-corrected chi connectivity index (χ4v) is 3.01. The van der Waals surface area contributed by atoms with Crippen LogP contribution in [0.4, 0.5) is 0 Å². The minimum Gasteiger partial charge on any atom is -0.491 e. The van der Waals surface area contributed by atoms with Gasteiger partial charge >= 0.3 is 0 Å². The zero-order valence-electron chi connectivity index (χ0n) is 12.9. The zero-order valence-corrected chi connectivity index (χ0v) is 12.9. The number of ether oxygens (including phenoxy) is 1. The lowest BCUT2D eigenvalue weighted by molar-refractivity contribution is 0.0537. The molecule has 2 unspecified atom stereocenters. The molecular weight excluding hydrogens is 250 g/mol. The van der Waals surface area contributed by atoms with Crippen LogP contribution in [-0.2, 0) is 0 Å². The smallest absolute Gasteiger partial charge is 0.119 e. The van der Waals surface area contributed by atoms with E-state index in [9.17, 15) is 5.11 Å². The Bertz CT molecular complexity index is 413. The van der Waals surface area contributed by atoms with Crippen LogP contribution in [0.5, 0.6) is 5.75 Å². The van der Waals surface area contributed by atoms with E-state index >= 15 is 0 Å². The van der Waals surface area contributed by atoms with Gasteiger partial charge in [0.1, 0.15) is 18.5 Å². The highest BCUT2D eigenvalue weighted by Gasteiger charge is 2.19. The topological polar surface area (TPSA) is 32.7 Å². The molecule has 1 aliphatic heterocycles. The Morgan fingerprint density at radius 1 is 1.30 bits per heavy atom. The minimum absolute atomic E-state index is 0.369. The number of aryl methyl sites for hydroxylation is 2. The lowest BCUT2D eigenvalue weighted by Gasteiger charge is -2.32. The van der Waals surface area contributed by atoms with E-state index in [-0.39, 0.29) is 0 Å². The van der Waals surface area contributed by atoms with Gasteiger partial charge in [0, 0.05) is 13.1 Å². The molecule has 2 rings (SSSR count). The van der Waals surface area contributed by atoms with E-state index in [4.69, 9.17) is 4.74 Å². The van der Waals surface area contributed by atoms with Crippen molar-refractivity contribution in [3.8, 4) is 5.75 Å². The largest absolute Gasteiger partial charge is 0.491 e. The van der Waals surface area contributed by atoms with Gasteiger partial charge in [-0.05, 0) is 62.4 Å². The molecule has 1 aliphatic rings. The van der Waals surface area contributed by atoms with Crippen LogP contribution in [0.25, 0.3) is 0 Å². The SMILES string of the molecule is Cc1cc(C)cc(OCC(O)CN2CCCC(C)C2)c1. The van der Waals surface area contributed by atoms with E-state index in [2.05, 4.69) is 31.7 Å². The quantitative estimate of drug-likeness (QED) is 0.898. The number of β-amino-alcohol motifs (C(OH)–C–C–N with tert-alkyl or cyclic N) is 1. The van der Waals surface area contributed by atoms with E-state index in [1.165, 1.54) is 24.0 Å². The van der Waals surface area contributed by atoms with Gasteiger partial charge in [0.05, 0.1) is 0 Å². The van der Waals surface area contributed by atoms with Crippen LogP contribution in [0.2, 0.25) is 0 Å². The molecule has 0 spiro atoms. The van der Waals surface area contributed by atoms with Gasteiger partial charge in [0.15, 0.2) is 0 Å². The molecule has 1 aromatic rings. The van der Waals surface area contributed by atoms with Crippen LogP contribution in [0.15, 0.2) is 18.2 Å². The number of likely N-dealkylation sites (tertiary alicyclic amines) is 1. The van der Waals surface area contributed by atoms with E-state index in [1.54, 1.807) is 0 Å². The van der Waals surface area contributed by atoms with Crippen LogP contribution in [0.1, 0.15) is 30.9 Å². The van der Waals surface area contributed by atoms with E-state index in [0.29, 0.717) is 6.61 Å². The molecular formula is C17H27NO2. The molecule has 0 amide bonds. The van der Waals surface area contributed by atoms with Crippen molar-refractivity contribution in [1.82, 2.24) is 4.90 Å². The first-order valence-electron chi connectivity index (χ1n) is 7.64. The molecule has 1 saturated heterocycles. The Morgan fingerprint density at radius 3 is 2.65 bits per heavy atom. The summed E-state index contributed by atoms with van der Waals surface area (Å²) in [7, 11) is 0. The van der Waals surface area contributed by atoms with Crippen LogP contribution in [-0.4, -0.2) is 42.4 Å². The first kappa shape index (κ1) is 15.3. The molecule has 2 atom stereocenters. The van der Waals surface area contributed by atoms with Crippen LogP contribution < -0.4 is 4.74 Å². The monoisotopic (exact) mass is 277 g/mol. The fourth-order valence-electron chi connectivity index (χ4n) is 3.01. The van der Waals surface area contributed by atoms with Crippen molar-refractivity contribution in [3.05, 3.63) is 29.3 Å². The average Bonchev–Trinajstić information content (AvgIpc) is 2.35. The predicted molar refractivity (Wildman–Crippen MR) is 82.3 cm³/mol. The Labute approximate surface area is 122 Å². The summed E-state index contributed by atoms with van der Waals surface area (Å²) in [4.78, 5) is 2.35. The van der Waals surface area contributed by atoms with E-state index < -0.39 is 6.10 Å². The molecule has 1 N–H and O–H groups in total. The number of aliphatic hydroxyl groups excluding tert-OH is 1. The second-order valence-corrected chi connectivity index (χ2v) is 6.30. The highest BCUT2D eigenvalue weighted by molar-refractivity contribution is 5.32. The third-order valence-electron chi connectivity index (χ3n) is 3.85. The lowest BCUT2D eigenvalue weighted by Crippen LogP contribution is -2.41. The van der Waals surface area contributed by atoms with Crippen molar-refractivity contribution in [1.29, 1.82) is 0 Å². The van der Waals surface area contributed by atoms with Gasteiger partial charge in [0.25, 0.3) is 0 Å². The van der Waals surface area contributed by atoms with Crippen molar-refractivity contribution in [3.63, 3.8) is 0 Å². The molecule has 1 heterocycles. The lowest BCUT2D eigenvalue weighted by atomic mass is 10.0. The fraction of sp³-hybridized carbons (Fsp3) is 0.647. The highest BCUT2D eigenvalue weighted by Crippen LogP contribution is 2.18. The molecule has 1 aromatic carbocycles. The third kappa shape index (κ3) is 4.80.